The highest BCUT2D eigenvalue weighted by molar-refractivity contribution is 9.10. The zero-order chi connectivity index (χ0) is 13.9. The maximum Gasteiger partial charge on any atom is 0.136 e. The Labute approximate surface area is 127 Å². The highest BCUT2D eigenvalue weighted by atomic mass is 79.9. The van der Waals surface area contributed by atoms with Crippen molar-refractivity contribution in [1.82, 2.24) is 15.3 Å². The topological polar surface area (TPSA) is 41.1 Å². The Balaban J connectivity index is 1.83. The van der Waals surface area contributed by atoms with E-state index in [9.17, 15) is 0 Å². The van der Waals surface area contributed by atoms with Crippen LogP contribution in [0.15, 0.2) is 35.1 Å². The summed E-state index contributed by atoms with van der Waals surface area (Å²) in [5, 5.41) is 3.39. The van der Waals surface area contributed by atoms with E-state index in [1.807, 2.05) is 0 Å². The van der Waals surface area contributed by atoms with Crippen LogP contribution in [0.3, 0.4) is 0 Å². The lowest BCUT2D eigenvalue weighted by molar-refractivity contribution is 0.622. The summed E-state index contributed by atoms with van der Waals surface area (Å²) in [5.41, 5.74) is 3.68. The van der Waals surface area contributed by atoms with Gasteiger partial charge in [0.25, 0.3) is 0 Å². The summed E-state index contributed by atoms with van der Waals surface area (Å²) in [6, 6.07) is 8.40. The molecule has 0 spiro atoms. The quantitative estimate of drug-likeness (QED) is 0.937. The summed E-state index contributed by atoms with van der Waals surface area (Å²) < 4.78 is 1.10. The molecule has 1 aromatic carbocycles. The molecule has 1 N–H and O–H groups in total. The van der Waals surface area contributed by atoms with Crippen LogP contribution in [0, 0.1) is 0 Å². The van der Waals surface area contributed by atoms with Gasteiger partial charge in [-0.1, -0.05) is 28.1 Å². The Bertz CT molecular complexity index is 597. The number of benzene rings is 1. The van der Waals surface area contributed by atoms with Gasteiger partial charge in [-0.15, -0.1) is 0 Å². The van der Waals surface area contributed by atoms with Crippen molar-refractivity contribution in [3.05, 3.63) is 51.9 Å². The number of halogens is 1. The molecule has 0 atom stereocenters. The Morgan fingerprint density at radius 2 is 2.05 bits per heavy atom. The fourth-order valence-electron chi connectivity index (χ4n) is 2.52. The number of aromatic nitrogens is 2. The summed E-state index contributed by atoms with van der Waals surface area (Å²) in [5.74, 6) is 1.03. The monoisotopic (exact) mass is 332 g/mol. The molecular formula is C15H17BrN4. The fraction of sp³-hybridized carbons (Fsp3) is 0.333. The predicted octanol–water partition coefficient (Wildman–Crippen LogP) is 2.52. The number of hydrogen-bond acceptors (Lipinski definition) is 4. The van der Waals surface area contributed by atoms with E-state index in [4.69, 9.17) is 0 Å². The highest BCUT2D eigenvalue weighted by Crippen LogP contribution is 2.23. The van der Waals surface area contributed by atoms with Crippen molar-refractivity contribution in [2.75, 3.05) is 18.5 Å². The standard InChI is InChI=1S/C15H17BrN4/c1-20(9-11-2-4-12(16)5-3-11)15-13-8-17-7-6-14(13)18-10-19-15/h2-5,10,17H,6-9H2,1H3. The first-order chi connectivity index (χ1) is 9.74. The normalized spacial score (nSPS) is 13.9. The molecule has 1 aromatic heterocycles. The van der Waals surface area contributed by atoms with E-state index in [-0.39, 0.29) is 0 Å². The van der Waals surface area contributed by atoms with Crippen molar-refractivity contribution in [1.29, 1.82) is 0 Å². The van der Waals surface area contributed by atoms with E-state index in [1.54, 1.807) is 6.33 Å². The minimum absolute atomic E-state index is 0.844. The van der Waals surface area contributed by atoms with E-state index in [1.165, 1.54) is 16.8 Å². The maximum atomic E-state index is 4.47. The van der Waals surface area contributed by atoms with Crippen LogP contribution in [-0.2, 0) is 19.5 Å². The summed E-state index contributed by atoms with van der Waals surface area (Å²) in [6.07, 6.45) is 2.66. The van der Waals surface area contributed by atoms with Gasteiger partial charge in [-0.05, 0) is 17.7 Å². The molecule has 1 aliphatic heterocycles. The summed E-state index contributed by atoms with van der Waals surface area (Å²) in [7, 11) is 2.08. The van der Waals surface area contributed by atoms with Crippen molar-refractivity contribution in [2.45, 2.75) is 19.5 Å². The molecule has 2 aromatic rings. The van der Waals surface area contributed by atoms with E-state index < -0.39 is 0 Å². The van der Waals surface area contributed by atoms with E-state index in [0.29, 0.717) is 0 Å². The van der Waals surface area contributed by atoms with Crippen LogP contribution in [0.5, 0.6) is 0 Å². The van der Waals surface area contributed by atoms with Crippen molar-refractivity contribution in [2.24, 2.45) is 0 Å². The molecule has 4 nitrogen and oxygen atoms in total. The molecule has 104 valence electrons. The lowest BCUT2D eigenvalue weighted by atomic mass is 10.1. The zero-order valence-electron chi connectivity index (χ0n) is 11.4. The third kappa shape index (κ3) is 2.83. The van der Waals surface area contributed by atoms with Crippen molar-refractivity contribution >= 4 is 21.7 Å². The zero-order valence-corrected chi connectivity index (χ0v) is 13.0. The molecule has 2 heterocycles. The Morgan fingerprint density at radius 1 is 1.25 bits per heavy atom. The second kappa shape index (κ2) is 5.89. The molecule has 0 unspecified atom stereocenters. The number of hydrogen-bond donors (Lipinski definition) is 1. The van der Waals surface area contributed by atoms with Gasteiger partial charge in [-0.2, -0.15) is 0 Å². The minimum Gasteiger partial charge on any atom is -0.355 e. The Morgan fingerprint density at radius 3 is 2.85 bits per heavy atom. The molecular weight excluding hydrogens is 316 g/mol. The van der Waals surface area contributed by atoms with Crippen LogP contribution in [0.4, 0.5) is 5.82 Å². The van der Waals surface area contributed by atoms with Crippen LogP contribution in [-0.4, -0.2) is 23.6 Å². The van der Waals surface area contributed by atoms with Gasteiger partial charge in [0.15, 0.2) is 0 Å². The van der Waals surface area contributed by atoms with E-state index in [2.05, 4.69) is 67.4 Å². The van der Waals surface area contributed by atoms with Gasteiger partial charge >= 0.3 is 0 Å². The molecule has 0 amide bonds. The Hall–Kier alpha value is -1.46. The van der Waals surface area contributed by atoms with Gasteiger partial charge in [0.05, 0.1) is 5.69 Å². The van der Waals surface area contributed by atoms with Crippen molar-refractivity contribution < 1.29 is 0 Å². The maximum absolute atomic E-state index is 4.47. The smallest absolute Gasteiger partial charge is 0.136 e. The number of nitrogens with one attached hydrogen (secondary N) is 1. The number of nitrogens with zero attached hydrogens (tertiary/aromatic N) is 3. The summed E-state index contributed by atoms with van der Waals surface area (Å²) >= 11 is 3.46. The average molecular weight is 333 g/mol. The van der Waals surface area contributed by atoms with Crippen LogP contribution in [0.1, 0.15) is 16.8 Å². The van der Waals surface area contributed by atoms with Gasteiger partial charge in [0.2, 0.25) is 0 Å². The van der Waals surface area contributed by atoms with Crippen molar-refractivity contribution in [3.63, 3.8) is 0 Å². The lowest BCUT2D eigenvalue weighted by Gasteiger charge is -2.25. The molecule has 0 radical (unpaired) electrons. The van der Waals surface area contributed by atoms with Crippen LogP contribution in [0.25, 0.3) is 0 Å². The van der Waals surface area contributed by atoms with Gasteiger partial charge in [0.1, 0.15) is 12.1 Å². The van der Waals surface area contributed by atoms with Gasteiger partial charge < -0.3 is 10.2 Å². The molecule has 5 heteroatoms. The third-order valence-electron chi connectivity index (χ3n) is 3.55. The number of fused-ring (bicyclic) bond motifs is 1. The van der Waals surface area contributed by atoms with Crippen LogP contribution in [0.2, 0.25) is 0 Å². The number of rotatable bonds is 3. The lowest BCUT2D eigenvalue weighted by Crippen LogP contribution is -2.28. The molecule has 0 saturated heterocycles. The molecule has 0 bridgehead atoms. The first-order valence-corrected chi connectivity index (χ1v) is 7.52. The molecule has 20 heavy (non-hydrogen) atoms. The van der Waals surface area contributed by atoms with E-state index in [0.717, 1.165) is 36.3 Å². The van der Waals surface area contributed by atoms with Crippen LogP contribution >= 0.6 is 15.9 Å². The number of anilines is 1. The average Bonchev–Trinajstić information content (AvgIpc) is 2.49. The molecule has 0 aliphatic carbocycles. The fourth-order valence-corrected chi connectivity index (χ4v) is 2.79. The highest BCUT2D eigenvalue weighted by Gasteiger charge is 2.17. The first kappa shape index (κ1) is 13.5. The van der Waals surface area contributed by atoms with Crippen LogP contribution < -0.4 is 10.2 Å². The molecule has 1 aliphatic rings. The minimum atomic E-state index is 0.844. The van der Waals surface area contributed by atoms with Gasteiger partial charge in [0, 0.05) is 43.1 Å². The second-order valence-electron chi connectivity index (χ2n) is 5.03. The second-order valence-corrected chi connectivity index (χ2v) is 5.95. The van der Waals surface area contributed by atoms with Gasteiger partial charge in [-0.3, -0.25) is 0 Å². The van der Waals surface area contributed by atoms with Gasteiger partial charge in [-0.25, -0.2) is 9.97 Å². The molecule has 0 fully saturated rings. The molecule has 3 rings (SSSR count). The largest absolute Gasteiger partial charge is 0.355 e. The summed E-state index contributed by atoms with van der Waals surface area (Å²) in [6.45, 7) is 2.70. The van der Waals surface area contributed by atoms with E-state index >= 15 is 0 Å². The SMILES string of the molecule is CN(Cc1ccc(Br)cc1)c1ncnc2c1CNCC2. The van der Waals surface area contributed by atoms with Crippen molar-refractivity contribution in [3.8, 4) is 0 Å². The Kier molecular flexibility index (Phi) is 3.98. The summed E-state index contributed by atoms with van der Waals surface area (Å²) in [4.78, 5) is 11.1. The predicted molar refractivity (Wildman–Crippen MR) is 83.7 cm³/mol. The third-order valence-corrected chi connectivity index (χ3v) is 4.08. The molecule has 0 saturated carbocycles. The first-order valence-electron chi connectivity index (χ1n) is 6.73.